The van der Waals surface area contributed by atoms with Gasteiger partial charge in [0.05, 0.1) is 0 Å². The summed E-state index contributed by atoms with van der Waals surface area (Å²) in [5.41, 5.74) is 4.50. The predicted molar refractivity (Wildman–Crippen MR) is 121 cm³/mol. The Balaban J connectivity index is 1.70. The largest absolute Gasteiger partial charge is 0.430 e. The van der Waals surface area contributed by atoms with Gasteiger partial charge in [-0.3, -0.25) is 4.79 Å². The summed E-state index contributed by atoms with van der Waals surface area (Å²) in [7, 11) is 0. The molecule has 3 aromatic rings. The molecule has 1 atom stereocenters. The zero-order valence-electron chi connectivity index (χ0n) is 17.3. The van der Waals surface area contributed by atoms with E-state index < -0.39 is 5.41 Å². The minimum absolute atomic E-state index is 0.229. The molecule has 0 bridgehead atoms. The number of allylic oxidation sites excluding steroid dienone is 1. The molecule has 2 heteroatoms. The van der Waals surface area contributed by atoms with Crippen molar-refractivity contribution >= 4 is 12.0 Å². The first kappa shape index (κ1) is 19.7. The normalized spacial score (nSPS) is 19.3. The van der Waals surface area contributed by atoms with Crippen molar-refractivity contribution in [1.82, 2.24) is 0 Å². The molecular weight excluding hydrogens is 368 g/mol. The summed E-state index contributed by atoms with van der Waals surface area (Å²) in [6, 6.07) is 26.0. The molecule has 0 saturated carbocycles. The summed E-state index contributed by atoms with van der Waals surface area (Å²) in [6.07, 6.45) is 2.90. The fraction of sp³-hybridized carbons (Fsp3) is 0.179. The van der Waals surface area contributed by atoms with E-state index in [1.165, 1.54) is 0 Å². The Morgan fingerprint density at radius 2 is 1.57 bits per heavy atom. The van der Waals surface area contributed by atoms with E-state index in [4.69, 9.17) is 4.74 Å². The van der Waals surface area contributed by atoms with E-state index in [0.29, 0.717) is 18.6 Å². The van der Waals surface area contributed by atoms with Gasteiger partial charge in [0.2, 0.25) is 0 Å². The van der Waals surface area contributed by atoms with Crippen LogP contribution >= 0.6 is 0 Å². The molecule has 30 heavy (non-hydrogen) atoms. The molecule has 0 N–H and O–H groups in total. The van der Waals surface area contributed by atoms with Gasteiger partial charge in [-0.15, -0.1) is 0 Å². The Morgan fingerprint density at radius 3 is 2.30 bits per heavy atom. The second kappa shape index (κ2) is 8.43. The number of aryl methyl sites for hydroxylation is 2. The number of esters is 1. The third kappa shape index (κ3) is 3.93. The van der Waals surface area contributed by atoms with Crippen LogP contribution < -0.4 is 0 Å². The van der Waals surface area contributed by atoms with Crippen molar-refractivity contribution in [2.45, 2.75) is 32.1 Å². The van der Waals surface area contributed by atoms with E-state index in [-0.39, 0.29) is 5.97 Å². The number of cyclic esters (lactones) is 1. The number of carbonyl (C=O) groups excluding carboxylic acids is 1. The highest BCUT2D eigenvalue weighted by Gasteiger charge is 2.48. The number of ether oxygens (including phenoxy) is 1. The van der Waals surface area contributed by atoms with Gasteiger partial charge >= 0.3 is 5.97 Å². The van der Waals surface area contributed by atoms with Gasteiger partial charge in [-0.1, -0.05) is 84.6 Å². The maximum absolute atomic E-state index is 13.2. The third-order valence-corrected chi connectivity index (χ3v) is 5.68. The maximum atomic E-state index is 13.2. The predicted octanol–water partition coefficient (Wildman–Crippen LogP) is 5.97. The van der Waals surface area contributed by atoms with E-state index in [9.17, 15) is 4.79 Å². The van der Waals surface area contributed by atoms with Crippen LogP contribution in [0, 0.1) is 25.7 Å². The summed E-state index contributed by atoms with van der Waals surface area (Å²) in [5.74, 6) is 6.98. The number of carbonyl (C=O) groups is 1. The fourth-order valence-electron chi connectivity index (χ4n) is 3.84. The average Bonchev–Trinajstić information content (AvgIpc) is 3.08. The van der Waals surface area contributed by atoms with Gasteiger partial charge in [0.15, 0.2) is 0 Å². The minimum Gasteiger partial charge on any atom is -0.430 e. The molecule has 1 fully saturated rings. The first-order valence-corrected chi connectivity index (χ1v) is 10.2. The van der Waals surface area contributed by atoms with Gasteiger partial charge in [0.1, 0.15) is 11.2 Å². The van der Waals surface area contributed by atoms with E-state index in [1.807, 2.05) is 85.8 Å². The Bertz CT molecular complexity index is 1160. The molecule has 0 aliphatic carbocycles. The van der Waals surface area contributed by atoms with Gasteiger partial charge in [-0.2, -0.15) is 0 Å². The van der Waals surface area contributed by atoms with Crippen LogP contribution in [-0.2, 0) is 14.9 Å². The summed E-state index contributed by atoms with van der Waals surface area (Å²) in [6.45, 7) is 4.10. The number of rotatable bonds is 3. The molecule has 2 nitrogen and oxygen atoms in total. The zero-order valence-corrected chi connectivity index (χ0v) is 17.3. The quantitative estimate of drug-likeness (QED) is 0.405. The lowest BCUT2D eigenvalue weighted by atomic mass is 9.76. The van der Waals surface area contributed by atoms with Crippen LogP contribution in [0.25, 0.3) is 6.08 Å². The van der Waals surface area contributed by atoms with Crippen molar-refractivity contribution in [2.24, 2.45) is 0 Å². The Labute approximate surface area is 178 Å². The smallest absolute Gasteiger partial charge is 0.323 e. The molecule has 0 aromatic heterocycles. The molecule has 1 aliphatic heterocycles. The highest BCUT2D eigenvalue weighted by molar-refractivity contribution is 5.88. The van der Waals surface area contributed by atoms with Gasteiger partial charge < -0.3 is 4.74 Å². The molecule has 0 spiro atoms. The van der Waals surface area contributed by atoms with Crippen molar-refractivity contribution in [1.29, 1.82) is 0 Å². The van der Waals surface area contributed by atoms with Crippen molar-refractivity contribution in [3.05, 3.63) is 112 Å². The fourth-order valence-corrected chi connectivity index (χ4v) is 3.84. The number of benzene rings is 3. The monoisotopic (exact) mass is 392 g/mol. The van der Waals surface area contributed by atoms with Gasteiger partial charge in [0, 0.05) is 18.4 Å². The van der Waals surface area contributed by atoms with Crippen LogP contribution in [0.1, 0.15) is 40.7 Å². The Kier molecular flexibility index (Phi) is 5.55. The van der Waals surface area contributed by atoms with Gasteiger partial charge in [-0.25, -0.2) is 0 Å². The third-order valence-electron chi connectivity index (χ3n) is 5.68. The molecule has 1 saturated heterocycles. The van der Waals surface area contributed by atoms with Crippen LogP contribution in [-0.4, -0.2) is 5.97 Å². The molecule has 0 amide bonds. The first-order valence-electron chi connectivity index (χ1n) is 10.2. The molecule has 148 valence electrons. The summed E-state index contributed by atoms with van der Waals surface area (Å²) < 4.78 is 5.77. The van der Waals surface area contributed by atoms with Crippen LogP contribution in [0.3, 0.4) is 0 Å². The van der Waals surface area contributed by atoms with Crippen LogP contribution in [0.2, 0.25) is 0 Å². The van der Waals surface area contributed by atoms with Gasteiger partial charge in [0.25, 0.3) is 0 Å². The maximum Gasteiger partial charge on any atom is 0.323 e. The molecule has 1 aliphatic rings. The Hall–Kier alpha value is -3.57. The number of hydrogen-bond acceptors (Lipinski definition) is 2. The highest BCUT2D eigenvalue weighted by atomic mass is 16.5. The van der Waals surface area contributed by atoms with Crippen molar-refractivity contribution in [2.75, 3.05) is 0 Å². The molecular formula is C28H24O2. The SMILES string of the molecule is Cc1ccccc1C#CCC1(c2ccccc2)C/C(=C\c2ccccc2C)OC1=O. The van der Waals surface area contributed by atoms with Crippen molar-refractivity contribution < 1.29 is 9.53 Å². The first-order chi connectivity index (χ1) is 14.6. The van der Waals surface area contributed by atoms with E-state index >= 15 is 0 Å². The van der Waals surface area contributed by atoms with Crippen LogP contribution in [0.5, 0.6) is 0 Å². The lowest BCUT2D eigenvalue weighted by Crippen LogP contribution is -2.31. The standard InChI is InChI=1S/C28H24O2/c1-21-11-6-8-13-23(21)15-10-18-28(25-16-4-3-5-17-25)20-26(30-27(28)29)19-24-14-9-7-12-22(24)2/h3-9,11-14,16-17,19H,18,20H2,1-2H3/b26-19+. The molecule has 1 unspecified atom stereocenters. The molecule has 0 radical (unpaired) electrons. The summed E-state index contributed by atoms with van der Waals surface area (Å²) in [5, 5.41) is 0. The second-order valence-corrected chi connectivity index (χ2v) is 7.78. The average molecular weight is 392 g/mol. The molecule has 1 heterocycles. The van der Waals surface area contributed by atoms with Crippen molar-refractivity contribution in [3.63, 3.8) is 0 Å². The van der Waals surface area contributed by atoms with Crippen molar-refractivity contribution in [3.8, 4) is 11.8 Å². The highest BCUT2D eigenvalue weighted by Crippen LogP contribution is 2.42. The Morgan fingerprint density at radius 1 is 0.900 bits per heavy atom. The van der Waals surface area contributed by atoms with E-state index in [1.54, 1.807) is 0 Å². The summed E-state index contributed by atoms with van der Waals surface area (Å²) >= 11 is 0. The van der Waals surface area contributed by atoms with E-state index in [2.05, 4.69) is 24.8 Å². The second-order valence-electron chi connectivity index (χ2n) is 7.78. The minimum atomic E-state index is -0.786. The van der Waals surface area contributed by atoms with Gasteiger partial charge in [-0.05, 0) is 48.2 Å². The van der Waals surface area contributed by atoms with Crippen LogP contribution in [0.4, 0.5) is 0 Å². The zero-order chi connectivity index (χ0) is 21.0. The lowest BCUT2D eigenvalue weighted by molar-refractivity contribution is -0.140. The lowest BCUT2D eigenvalue weighted by Gasteiger charge is -2.22. The summed E-state index contributed by atoms with van der Waals surface area (Å²) in [4.78, 5) is 13.2. The molecule has 4 rings (SSSR count). The van der Waals surface area contributed by atoms with E-state index in [0.717, 1.165) is 27.8 Å². The number of hydrogen-bond donors (Lipinski definition) is 0. The topological polar surface area (TPSA) is 26.3 Å². The molecule has 3 aromatic carbocycles. The van der Waals surface area contributed by atoms with Crippen LogP contribution in [0.15, 0.2) is 84.6 Å².